The Morgan fingerprint density at radius 1 is 1.27 bits per heavy atom. The maximum Gasteiger partial charge on any atom is 0.225 e. The molecule has 1 aromatic rings. The third kappa shape index (κ3) is 3.12. The molecule has 3 atom stereocenters. The Balaban J connectivity index is 1.76. The van der Waals surface area contributed by atoms with Gasteiger partial charge in [0.2, 0.25) is 5.91 Å². The van der Waals surface area contributed by atoms with Crippen molar-refractivity contribution in [2.45, 2.75) is 57.0 Å². The predicted molar refractivity (Wildman–Crippen MR) is 86.6 cm³/mol. The van der Waals surface area contributed by atoms with Gasteiger partial charge in [0.1, 0.15) is 5.75 Å². The van der Waals surface area contributed by atoms with E-state index >= 15 is 0 Å². The van der Waals surface area contributed by atoms with Gasteiger partial charge in [-0.15, -0.1) is 0 Å². The second-order valence-electron chi connectivity index (χ2n) is 6.89. The van der Waals surface area contributed by atoms with Crippen molar-refractivity contribution in [3.05, 3.63) is 29.8 Å². The second-order valence-corrected chi connectivity index (χ2v) is 6.89. The monoisotopic (exact) mass is 302 g/mol. The SMILES string of the molecule is CC1(N)CCCCC1C(=O)NC1CCCOc2ccccc21. The van der Waals surface area contributed by atoms with Crippen molar-refractivity contribution in [1.29, 1.82) is 0 Å². The van der Waals surface area contributed by atoms with Gasteiger partial charge in [0.05, 0.1) is 18.6 Å². The number of rotatable bonds is 2. The van der Waals surface area contributed by atoms with E-state index in [4.69, 9.17) is 10.5 Å². The van der Waals surface area contributed by atoms with Crippen LogP contribution in [0.5, 0.6) is 5.75 Å². The van der Waals surface area contributed by atoms with Crippen LogP contribution in [0.3, 0.4) is 0 Å². The second kappa shape index (κ2) is 6.29. The van der Waals surface area contributed by atoms with E-state index in [0.717, 1.165) is 49.8 Å². The Hall–Kier alpha value is -1.55. The van der Waals surface area contributed by atoms with E-state index in [0.29, 0.717) is 6.61 Å². The largest absolute Gasteiger partial charge is 0.493 e. The highest BCUT2D eigenvalue weighted by Gasteiger charge is 2.38. The number of hydrogen-bond donors (Lipinski definition) is 2. The van der Waals surface area contributed by atoms with Gasteiger partial charge in [0, 0.05) is 11.1 Å². The van der Waals surface area contributed by atoms with Gasteiger partial charge in [-0.25, -0.2) is 0 Å². The Bertz CT molecular complexity index is 542. The van der Waals surface area contributed by atoms with E-state index in [1.165, 1.54) is 0 Å². The molecule has 1 saturated carbocycles. The fraction of sp³-hybridized carbons (Fsp3) is 0.611. The zero-order chi connectivity index (χ0) is 15.6. The molecule has 1 heterocycles. The van der Waals surface area contributed by atoms with Crippen LogP contribution < -0.4 is 15.8 Å². The van der Waals surface area contributed by atoms with Gasteiger partial charge in [-0.1, -0.05) is 31.0 Å². The summed E-state index contributed by atoms with van der Waals surface area (Å²) >= 11 is 0. The molecule has 22 heavy (non-hydrogen) atoms. The van der Waals surface area contributed by atoms with Crippen LogP contribution in [0.1, 0.15) is 57.1 Å². The third-order valence-corrected chi connectivity index (χ3v) is 5.08. The van der Waals surface area contributed by atoms with Crippen molar-refractivity contribution in [1.82, 2.24) is 5.32 Å². The Morgan fingerprint density at radius 3 is 2.91 bits per heavy atom. The molecule has 0 radical (unpaired) electrons. The smallest absolute Gasteiger partial charge is 0.225 e. The summed E-state index contributed by atoms with van der Waals surface area (Å²) in [7, 11) is 0. The number of carbonyl (C=O) groups excluding carboxylic acids is 1. The molecule has 1 aliphatic heterocycles. The normalized spacial score (nSPS) is 31.5. The lowest BCUT2D eigenvalue weighted by molar-refractivity contribution is -0.129. The molecule has 120 valence electrons. The van der Waals surface area contributed by atoms with Gasteiger partial charge in [-0.2, -0.15) is 0 Å². The van der Waals surface area contributed by atoms with Gasteiger partial charge in [-0.05, 0) is 38.7 Å². The van der Waals surface area contributed by atoms with Crippen molar-refractivity contribution in [3.8, 4) is 5.75 Å². The average Bonchev–Trinajstić information content (AvgIpc) is 2.69. The van der Waals surface area contributed by atoms with Crippen LogP contribution in [-0.4, -0.2) is 18.1 Å². The summed E-state index contributed by atoms with van der Waals surface area (Å²) in [6.45, 7) is 2.72. The lowest BCUT2D eigenvalue weighted by atomic mass is 9.74. The highest BCUT2D eigenvalue weighted by Crippen LogP contribution is 2.34. The topological polar surface area (TPSA) is 64.4 Å². The molecule has 0 aromatic heterocycles. The zero-order valence-corrected chi connectivity index (χ0v) is 13.3. The zero-order valence-electron chi connectivity index (χ0n) is 13.3. The molecule has 3 rings (SSSR count). The first-order chi connectivity index (χ1) is 10.6. The summed E-state index contributed by atoms with van der Waals surface area (Å²) in [4.78, 5) is 12.8. The van der Waals surface area contributed by atoms with Crippen LogP contribution in [0, 0.1) is 5.92 Å². The molecular formula is C18H26N2O2. The summed E-state index contributed by atoms with van der Waals surface area (Å²) in [5.74, 6) is 0.911. The third-order valence-electron chi connectivity index (χ3n) is 5.08. The van der Waals surface area contributed by atoms with Crippen molar-refractivity contribution < 1.29 is 9.53 Å². The van der Waals surface area contributed by atoms with Crippen LogP contribution in [0.2, 0.25) is 0 Å². The molecule has 0 spiro atoms. The maximum atomic E-state index is 12.8. The molecule has 1 amide bonds. The van der Waals surface area contributed by atoms with Crippen LogP contribution in [-0.2, 0) is 4.79 Å². The van der Waals surface area contributed by atoms with Crippen LogP contribution in [0.25, 0.3) is 0 Å². The quantitative estimate of drug-likeness (QED) is 0.883. The molecule has 3 unspecified atom stereocenters. The number of amides is 1. The predicted octanol–water partition coefficient (Wildman–Crippen LogP) is 2.92. The summed E-state index contributed by atoms with van der Waals surface area (Å²) < 4.78 is 5.77. The maximum absolute atomic E-state index is 12.8. The van der Waals surface area contributed by atoms with Crippen molar-refractivity contribution in [2.75, 3.05) is 6.61 Å². The van der Waals surface area contributed by atoms with Crippen molar-refractivity contribution >= 4 is 5.91 Å². The number of nitrogens with two attached hydrogens (primary N) is 1. The number of benzene rings is 1. The van der Waals surface area contributed by atoms with Gasteiger partial charge in [0.25, 0.3) is 0 Å². The number of para-hydroxylation sites is 1. The molecule has 1 fully saturated rings. The highest BCUT2D eigenvalue weighted by molar-refractivity contribution is 5.80. The molecule has 4 nitrogen and oxygen atoms in total. The molecule has 0 saturated heterocycles. The molecule has 3 N–H and O–H groups in total. The highest BCUT2D eigenvalue weighted by atomic mass is 16.5. The van der Waals surface area contributed by atoms with E-state index in [2.05, 4.69) is 5.32 Å². The lowest BCUT2D eigenvalue weighted by Crippen LogP contribution is -2.53. The van der Waals surface area contributed by atoms with E-state index in [1.807, 2.05) is 31.2 Å². The van der Waals surface area contributed by atoms with Crippen LogP contribution in [0.15, 0.2) is 24.3 Å². The van der Waals surface area contributed by atoms with Gasteiger partial charge < -0.3 is 15.8 Å². The van der Waals surface area contributed by atoms with E-state index in [-0.39, 0.29) is 23.4 Å². The van der Waals surface area contributed by atoms with Crippen LogP contribution >= 0.6 is 0 Å². The Labute approximate surface area is 132 Å². The van der Waals surface area contributed by atoms with E-state index in [1.54, 1.807) is 0 Å². The van der Waals surface area contributed by atoms with Crippen LogP contribution in [0.4, 0.5) is 0 Å². The number of ether oxygens (including phenoxy) is 1. The molecule has 4 heteroatoms. The molecule has 1 aromatic carbocycles. The fourth-order valence-corrected chi connectivity index (χ4v) is 3.74. The van der Waals surface area contributed by atoms with Crippen molar-refractivity contribution in [2.24, 2.45) is 11.7 Å². The molecule has 0 bridgehead atoms. The van der Waals surface area contributed by atoms with E-state index < -0.39 is 0 Å². The first-order valence-corrected chi connectivity index (χ1v) is 8.39. The number of fused-ring (bicyclic) bond motifs is 1. The Morgan fingerprint density at radius 2 is 2.09 bits per heavy atom. The van der Waals surface area contributed by atoms with Gasteiger partial charge in [0.15, 0.2) is 0 Å². The minimum absolute atomic E-state index is 0.0314. The first kappa shape index (κ1) is 15.3. The van der Waals surface area contributed by atoms with E-state index in [9.17, 15) is 4.79 Å². The summed E-state index contributed by atoms with van der Waals surface area (Å²) in [6, 6.07) is 8.03. The molecule has 2 aliphatic rings. The lowest BCUT2D eigenvalue weighted by Gasteiger charge is -2.38. The number of carbonyl (C=O) groups is 1. The number of nitrogens with one attached hydrogen (secondary N) is 1. The number of hydrogen-bond acceptors (Lipinski definition) is 3. The molecule has 1 aliphatic carbocycles. The summed E-state index contributed by atoms with van der Waals surface area (Å²) in [5.41, 5.74) is 7.07. The Kier molecular flexibility index (Phi) is 4.39. The van der Waals surface area contributed by atoms with Gasteiger partial charge in [-0.3, -0.25) is 4.79 Å². The molecular weight excluding hydrogens is 276 g/mol. The van der Waals surface area contributed by atoms with Crippen molar-refractivity contribution in [3.63, 3.8) is 0 Å². The minimum Gasteiger partial charge on any atom is -0.493 e. The minimum atomic E-state index is -0.386. The first-order valence-electron chi connectivity index (χ1n) is 8.39. The summed E-state index contributed by atoms with van der Waals surface area (Å²) in [5, 5.41) is 3.24. The standard InChI is InChI=1S/C18H26N2O2/c1-18(19)11-5-4-8-14(18)17(21)20-15-9-6-12-22-16-10-3-2-7-13(15)16/h2-3,7,10,14-15H,4-6,8-9,11-12,19H2,1H3,(H,20,21). The average molecular weight is 302 g/mol. The fourth-order valence-electron chi connectivity index (χ4n) is 3.74. The van der Waals surface area contributed by atoms with Gasteiger partial charge >= 0.3 is 0 Å². The summed E-state index contributed by atoms with van der Waals surface area (Å²) in [6.07, 6.45) is 5.90.